The molecule has 0 saturated carbocycles. The molecule has 1 N–H and O–H groups in total. The molecule has 1 aromatic heterocycles. The summed E-state index contributed by atoms with van der Waals surface area (Å²) < 4.78 is 34.6. The van der Waals surface area contributed by atoms with E-state index < -0.39 is 6.61 Å². The Kier molecular flexibility index (Phi) is 6.19. The van der Waals surface area contributed by atoms with E-state index in [1.54, 1.807) is 25.3 Å². The molecule has 0 bridgehead atoms. The van der Waals surface area contributed by atoms with Gasteiger partial charge in [0.05, 0.1) is 18.5 Å². The summed E-state index contributed by atoms with van der Waals surface area (Å²) in [4.78, 5) is 4.49. The smallest absolute Gasteiger partial charge is 0.387 e. The van der Waals surface area contributed by atoms with Gasteiger partial charge in [-0.05, 0) is 36.4 Å². The molecule has 5 nitrogen and oxygen atoms in total. The Morgan fingerprint density at radius 1 is 1.21 bits per heavy atom. The molecular formula is C20H15F2N3O2S. The number of hydrogen-bond acceptors (Lipinski definition) is 6. The van der Waals surface area contributed by atoms with Crippen LogP contribution in [0.5, 0.6) is 11.5 Å². The molecule has 0 spiro atoms. The molecule has 3 aromatic rings. The van der Waals surface area contributed by atoms with Gasteiger partial charge in [-0.3, -0.25) is 0 Å². The van der Waals surface area contributed by atoms with Crippen LogP contribution in [0.2, 0.25) is 0 Å². The van der Waals surface area contributed by atoms with Crippen molar-refractivity contribution in [1.82, 2.24) is 4.98 Å². The van der Waals surface area contributed by atoms with E-state index in [1.807, 2.05) is 29.6 Å². The van der Waals surface area contributed by atoms with Crippen molar-refractivity contribution in [1.29, 1.82) is 5.26 Å². The largest absolute Gasteiger partial charge is 0.497 e. The number of allylic oxidation sites excluding steroid dienone is 1. The molecule has 2 aromatic carbocycles. The molecule has 0 atom stereocenters. The molecule has 0 aliphatic heterocycles. The summed E-state index contributed by atoms with van der Waals surface area (Å²) in [5.41, 5.74) is 2.22. The summed E-state index contributed by atoms with van der Waals surface area (Å²) in [6, 6.07) is 15.7. The van der Waals surface area contributed by atoms with Gasteiger partial charge in [0.1, 0.15) is 28.1 Å². The first-order valence-corrected chi connectivity index (χ1v) is 8.99. The molecule has 3 rings (SSSR count). The van der Waals surface area contributed by atoms with E-state index >= 15 is 0 Å². The van der Waals surface area contributed by atoms with Crippen LogP contribution in [0.3, 0.4) is 0 Å². The number of nitriles is 1. The monoisotopic (exact) mass is 399 g/mol. The highest BCUT2D eigenvalue weighted by molar-refractivity contribution is 7.11. The topological polar surface area (TPSA) is 67.2 Å². The average molecular weight is 399 g/mol. The van der Waals surface area contributed by atoms with Gasteiger partial charge in [0.15, 0.2) is 0 Å². The highest BCUT2D eigenvalue weighted by Crippen LogP contribution is 2.29. The predicted molar refractivity (Wildman–Crippen MR) is 104 cm³/mol. The highest BCUT2D eigenvalue weighted by atomic mass is 32.1. The van der Waals surface area contributed by atoms with Gasteiger partial charge in [0, 0.05) is 17.1 Å². The van der Waals surface area contributed by atoms with E-state index in [2.05, 4.69) is 21.1 Å². The fourth-order valence-corrected chi connectivity index (χ4v) is 3.16. The number of ether oxygens (including phenoxy) is 2. The molecule has 0 fully saturated rings. The number of alkyl halides is 2. The highest BCUT2D eigenvalue weighted by Gasteiger charge is 2.11. The summed E-state index contributed by atoms with van der Waals surface area (Å²) in [7, 11) is 1.59. The van der Waals surface area contributed by atoms with Crippen LogP contribution in [0.1, 0.15) is 5.01 Å². The van der Waals surface area contributed by atoms with Crippen LogP contribution in [0.4, 0.5) is 14.5 Å². The molecule has 1 heterocycles. The summed E-state index contributed by atoms with van der Waals surface area (Å²) in [5.74, 6) is 0.731. The van der Waals surface area contributed by atoms with Crippen molar-refractivity contribution in [3.8, 4) is 28.8 Å². The summed E-state index contributed by atoms with van der Waals surface area (Å²) in [5, 5.41) is 14.7. The number of benzene rings is 2. The Morgan fingerprint density at radius 3 is 2.64 bits per heavy atom. The zero-order valence-electron chi connectivity index (χ0n) is 14.7. The van der Waals surface area contributed by atoms with Crippen molar-refractivity contribution in [3.63, 3.8) is 0 Å². The van der Waals surface area contributed by atoms with E-state index in [0.717, 1.165) is 17.0 Å². The summed E-state index contributed by atoms with van der Waals surface area (Å²) >= 11 is 1.31. The Morgan fingerprint density at radius 2 is 1.96 bits per heavy atom. The number of nitrogens with zero attached hydrogens (tertiary/aromatic N) is 2. The molecule has 28 heavy (non-hydrogen) atoms. The van der Waals surface area contributed by atoms with Crippen molar-refractivity contribution < 1.29 is 18.3 Å². The van der Waals surface area contributed by atoms with E-state index in [4.69, 9.17) is 4.74 Å². The Bertz CT molecular complexity index is 1010. The van der Waals surface area contributed by atoms with Gasteiger partial charge in [-0.15, -0.1) is 11.3 Å². The van der Waals surface area contributed by atoms with Crippen LogP contribution >= 0.6 is 11.3 Å². The SMILES string of the molecule is COc1ccc(-c2csc(/C(C#N)=C/Nc3ccccc3OC(F)F)n2)cc1. The minimum atomic E-state index is -2.94. The second-order valence-electron chi connectivity index (χ2n) is 5.46. The van der Waals surface area contributed by atoms with E-state index in [0.29, 0.717) is 10.7 Å². The van der Waals surface area contributed by atoms with E-state index in [9.17, 15) is 14.0 Å². The van der Waals surface area contributed by atoms with Crippen LogP contribution in [-0.4, -0.2) is 18.7 Å². The Hall–Kier alpha value is -3.44. The number of rotatable bonds is 7. The third kappa shape index (κ3) is 4.64. The number of aromatic nitrogens is 1. The van der Waals surface area contributed by atoms with Crippen molar-refractivity contribution >= 4 is 22.6 Å². The number of anilines is 1. The summed E-state index contributed by atoms with van der Waals surface area (Å²) in [6.45, 7) is -2.94. The first kappa shape index (κ1) is 19.3. The second kappa shape index (κ2) is 8.97. The quantitative estimate of drug-likeness (QED) is 0.539. The lowest BCUT2D eigenvalue weighted by atomic mass is 10.2. The van der Waals surface area contributed by atoms with E-state index in [1.165, 1.54) is 23.6 Å². The van der Waals surface area contributed by atoms with Crippen molar-refractivity contribution in [2.45, 2.75) is 6.61 Å². The first-order valence-electron chi connectivity index (χ1n) is 8.11. The van der Waals surface area contributed by atoms with Crippen molar-refractivity contribution in [2.24, 2.45) is 0 Å². The molecule has 0 saturated heterocycles. The molecule has 0 aliphatic carbocycles. The van der Waals surface area contributed by atoms with E-state index in [-0.39, 0.29) is 11.3 Å². The Labute approximate surface area is 164 Å². The van der Waals surface area contributed by atoms with Crippen molar-refractivity contribution in [3.05, 3.63) is 65.1 Å². The lowest BCUT2D eigenvalue weighted by molar-refractivity contribution is -0.0493. The maximum absolute atomic E-state index is 12.5. The lowest BCUT2D eigenvalue weighted by Gasteiger charge is -2.10. The number of nitrogens with one attached hydrogen (secondary N) is 1. The van der Waals surface area contributed by atoms with Crippen molar-refractivity contribution in [2.75, 3.05) is 12.4 Å². The number of hydrogen-bond donors (Lipinski definition) is 1. The average Bonchev–Trinajstić information content (AvgIpc) is 3.19. The standard InChI is InChI=1S/C20H15F2N3O2S/c1-26-15-8-6-13(7-9-15)17-12-28-19(25-17)14(10-23)11-24-16-4-2-3-5-18(16)27-20(21)22/h2-9,11-12,20,24H,1H3/b14-11+. The van der Waals surface area contributed by atoms with Crippen LogP contribution in [-0.2, 0) is 0 Å². The fraction of sp³-hybridized carbons (Fsp3) is 0.100. The number of thiazole rings is 1. The second-order valence-corrected chi connectivity index (χ2v) is 6.31. The molecule has 0 radical (unpaired) electrons. The lowest BCUT2D eigenvalue weighted by Crippen LogP contribution is -2.04. The van der Waals surface area contributed by atoms with Crippen LogP contribution in [0.25, 0.3) is 16.8 Å². The van der Waals surface area contributed by atoms with Gasteiger partial charge in [-0.25, -0.2) is 4.98 Å². The van der Waals surface area contributed by atoms with Gasteiger partial charge in [-0.1, -0.05) is 12.1 Å². The minimum absolute atomic E-state index is 0.0101. The molecule has 0 aliphatic rings. The van der Waals surface area contributed by atoms with Gasteiger partial charge in [0.2, 0.25) is 0 Å². The first-order chi connectivity index (χ1) is 13.6. The third-order valence-corrected chi connectivity index (χ3v) is 4.59. The van der Waals surface area contributed by atoms with Gasteiger partial charge in [-0.2, -0.15) is 14.0 Å². The zero-order chi connectivity index (χ0) is 19.9. The predicted octanol–water partition coefficient (Wildman–Crippen LogP) is 5.40. The van der Waals surface area contributed by atoms with Gasteiger partial charge in [0.25, 0.3) is 0 Å². The molecule has 0 amide bonds. The van der Waals surface area contributed by atoms with Crippen LogP contribution in [0, 0.1) is 11.3 Å². The van der Waals surface area contributed by atoms with Gasteiger partial charge >= 0.3 is 6.61 Å². The molecular weight excluding hydrogens is 384 g/mol. The molecule has 0 unspecified atom stereocenters. The number of methoxy groups -OCH3 is 1. The normalized spacial score (nSPS) is 11.2. The molecule has 142 valence electrons. The maximum Gasteiger partial charge on any atom is 0.387 e. The van der Waals surface area contributed by atoms with Crippen LogP contribution < -0.4 is 14.8 Å². The number of halogens is 2. The zero-order valence-corrected chi connectivity index (χ0v) is 15.5. The van der Waals surface area contributed by atoms with Crippen LogP contribution in [0.15, 0.2) is 60.1 Å². The Balaban J connectivity index is 1.81. The fourth-order valence-electron chi connectivity index (χ4n) is 2.37. The molecule has 8 heteroatoms. The minimum Gasteiger partial charge on any atom is -0.497 e. The maximum atomic E-state index is 12.5. The summed E-state index contributed by atoms with van der Waals surface area (Å²) in [6.07, 6.45) is 1.42. The van der Waals surface area contributed by atoms with Gasteiger partial charge < -0.3 is 14.8 Å². The number of para-hydroxylation sites is 2. The third-order valence-electron chi connectivity index (χ3n) is 3.72.